The standard InChI is InChI=1S/C26H28N6O3S/c1-17-15-26(2,3)32(16-17)24-20(6-5-12-28-24)25(33)31-36(34,35)23-8-4-7-22(30-23)29-19-9-10-21-18(14-19)11-13-27-21/h4-10,12-14,17H,11,15-16H2,1-3H3,(H,29,30)(H,31,33). The summed E-state index contributed by atoms with van der Waals surface area (Å²) in [6, 6.07) is 13.5. The first-order chi connectivity index (χ1) is 17.1. The molecule has 186 valence electrons. The molecule has 2 aliphatic rings. The van der Waals surface area contributed by atoms with Gasteiger partial charge in [-0.2, -0.15) is 8.42 Å². The summed E-state index contributed by atoms with van der Waals surface area (Å²) in [5.74, 6) is 0.508. The van der Waals surface area contributed by atoms with Gasteiger partial charge in [0.15, 0.2) is 5.03 Å². The lowest BCUT2D eigenvalue weighted by molar-refractivity contribution is 0.0981. The van der Waals surface area contributed by atoms with Crippen molar-refractivity contribution < 1.29 is 13.2 Å². The van der Waals surface area contributed by atoms with Gasteiger partial charge < -0.3 is 10.2 Å². The lowest BCUT2D eigenvalue weighted by Crippen LogP contribution is -2.41. The molecule has 2 aliphatic heterocycles. The van der Waals surface area contributed by atoms with E-state index < -0.39 is 15.9 Å². The Morgan fingerprint density at radius 2 is 1.97 bits per heavy atom. The summed E-state index contributed by atoms with van der Waals surface area (Å²) in [5.41, 5.74) is 2.78. The molecule has 3 aromatic rings. The fourth-order valence-corrected chi connectivity index (χ4v) is 5.89. The van der Waals surface area contributed by atoms with Gasteiger partial charge in [-0.3, -0.25) is 9.79 Å². The van der Waals surface area contributed by atoms with Crippen LogP contribution >= 0.6 is 0 Å². The number of fused-ring (bicyclic) bond motifs is 1. The minimum atomic E-state index is -4.23. The first-order valence-electron chi connectivity index (χ1n) is 11.8. The highest BCUT2D eigenvalue weighted by molar-refractivity contribution is 7.90. The molecule has 1 fully saturated rings. The number of nitrogens with zero attached hydrogens (tertiary/aromatic N) is 4. The summed E-state index contributed by atoms with van der Waals surface area (Å²) < 4.78 is 28.4. The third-order valence-corrected chi connectivity index (χ3v) is 7.71. The Balaban J connectivity index is 1.36. The van der Waals surface area contributed by atoms with Gasteiger partial charge in [0.05, 0.1) is 11.3 Å². The van der Waals surface area contributed by atoms with Crippen LogP contribution in [0.25, 0.3) is 0 Å². The molecule has 0 radical (unpaired) electrons. The number of amides is 1. The van der Waals surface area contributed by atoms with E-state index in [0.29, 0.717) is 17.6 Å². The minimum absolute atomic E-state index is 0.201. The summed E-state index contributed by atoms with van der Waals surface area (Å²) in [6.45, 7) is 7.08. The Kier molecular flexibility index (Phi) is 5.99. The van der Waals surface area contributed by atoms with Crippen LogP contribution in [0.2, 0.25) is 0 Å². The van der Waals surface area contributed by atoms with Gasteiger partial charge >= 0.3 is 0 Å². The maximum atomic E-state index is 13.2. The topological polar surface area (TPSA) is 117 Å². The quantitative estimate of drug-likeness (QED) is 0.516. The lowest BCUT2D eigenvalue weighted by Gasteiger charge is -2.33. The van der Waals surface area contributed by atoms with Crippen molar-refractivity contribution in [3.63, 3.8) is 0 Å². The molecule has 1 amide bonds. The molecule has 1 saturated heterocycles. The van der Waals surface area contributed by atoms with E-state index in [0.717, 1.165) is 36.3 Å². The number of aromatic nitrogens is 2. The number of anilines is 3. The van der Waals surface area contributed by atoms with Gasteiger partial charge in [-0.1, -0.05) is 13.0 Å². The number of aliphatic imine (C=N–C) groups is 1. The van der Waals surface area contributed by atoms with Crippen molar-refractivity contribution in [3.05, 3.63) is 65.9 Å². The molecule has 10 heteroatoms. The molecule has 0 aliphatic carbocycles. The van der Waals surface area contributed by atoms with E-state index in [2.05, 4.69) is 50.7 Å². The van der Waals surface area contributed by atoms with Gasteiger partial charge in [-0.15, -0.1) is 0 Å². The van der Waals surface area contributed by atoms with E-state index in [1.807, 2.05) is 24.4 Å². The molecule has 0 bridgehead atoms. The number of benzene rings is 1. The number of pyridine rings is 2. The summed E-state index contributed by atoms with van der Waals surface area (Å²) in [4.78, 5) is 28.2. The molecule has 4 heterocycles. The summed E-state index contributed by atoms with van der Waals surface area (Å²) in [5, 5.41) is 2.87. The van der Waals surface area contributed by atoms with E-state index >= 15 is 0 Å². The van der Waals surface area contributed by atoms with Gasteiger partial charge in [0.1, 0.15) is 11.6 Å². The molecule has 1 aromatic carbocycles. The van der Waals surface area contributed by atoms with Crippen LogP contribution in [0.5, 0.6) is 0 Å². The highest BCUT2D eigenvalue weighted by Crippen LogP contribution is 2.37. The average Bonchev–Trinajstić information content (AvgIpc) is 3.41. The number of hydrogen-bond acceptors (Lipinski definition) is 8. The zero-order valence-electron chi connectivity index (χ0n) is 20.4. The van der Waals surface area contributed by atoms with Crippen molar-refractivity contribution in [1.82, 2.24) is 14.7 Å². The van der Waals surface area contributed by atoms with Gasteiger partial charge in [-0.05, 0) is 74.2 Å². The fourth-order valence-electron chi connectivity index (χ4n) is 4.96. The van der Waals surface area contributed by atoms with Crippen molar-refractivity contribution in [2.45, 2.75) is 44.2 Å². The third kappa shape index (κ3) is 4.68. The number of nitrogens with one attached hydrogen (secondary N) is 2. The van der Waals surface area contributed by atoms with E-state index in [4.69, 9.17) is 0 Å². The SMILES string of the molecule is CC1CN(c2ncccc2C(=O)NS(=O)(=O)c2cccc(Nc3ccc4c(c3)CC=N4)n2)C(C)(C)C1. The van der Waals surface area contributed by atoms with Gasteiger partial charge in [-0.25, -0.2) is 14.7 Å². The molecule has 1 unspecified atom stereocenters. The predicted molar refractivity (Wildman–Crippen MR) is 140 cm³/mol. The zero-order valence-corrected chi connectivity index (χ0v) is 21.2. The number of hydrogen-bond donors (Lipinski definition) is 2. The van der Waals surface area contributed by atoms with Crippen LogP contribution in [0.15, 0.2) is 64.7 Å². The number of carbonyl (C=O) groups excluding carboxylic acids is 1. The van der Waals surface area contributed by atoms with E-state index in [1.165, 1.54) is 6.07 Å². The smallest absolute Gasteiger partial charge is 0.281 e. The highest BCUT2D eigenvalue weighted by Gasteiger charge is 2.39. The molecule has 2 aromatic heterocycles. The van der Waals surface area contributed by atoms with Crippen LogP contribution in [0, 0.1) is 5.92 Å². The highest BCUT2D eigenvalue weighted by atomic mass is 32.2. The van der Waals surface area contributed by atoms with Gasteiger partial charge in [0.2, 0.25) is 0 Å². The van der Waals surface area contributed by atoms with Crippen LogP contribution in [-0.2, 0) is 16.4 Å². The molecule has 5 rings (SSSR count). The molecule has 9 nitrogen and oxygen atoms in total. The maximum Gasteiger partial charge on any atom is 0.281 e. The molecule has 2 N–H and O–H groups in total. The first-order valence-corrected chi connectivity index (χ1v) is 13.3. The lowest BCUT2D eigenvalue weighted by atomic mass is 9.97. The normalized spacial score (nSPS) is 18.2. The van der Waals surface area contributed by atoms with Crippen LogP contribution in [-0.4, -0.2) is 42.6 Å². The largest absolute Gasteiger partial charge is 0.351 e. The Labute approximate surface area is 210 Å². The number of rotatable bonds is 6. The number of carbonyl (C=O) groups is 1. The van der Waals surface area contributed by atoms with E-state index in [-0.39, 0.29) is 16.1 Å². The second-order valence-electron chi connectivity index (χ2n) is 9.89. The van der Waals surface area contributed by atoms with Crippen molar-refractivity contribution in [2.24, 2.45) is 10.9 Å². The summed E-state index contributed by atoms with van der Waals surface area (Å²) in [6.07, 6.45) is 5.16. The van der Waals surface area contributed by atoms with E-state index in [9.17, 15) is 13.2 Å². The van der Waals surface area contributed by atoms with Gasteiger partial charge in [0.25, 0.3) is 15.9 Å². The monoisotopic (exact) mass is 504 g/mol. The Morgan fingerprint density at radius 3 is 2.75 bits per heavy atom. The van der Waals surface area contributed by atoms with Crippen molar-refractivity contribution >= 4 is 45.2 Å². The predicted octanol–water partition coefficient (Wildman–Crippen LogP) is 4.22. The molecule has 1 atom stereocenters. The molecule has 0 spiro atoms. The zero-order chi connectivity index (χ0) is 25.5. The molecular weight excluding hydrogens is 476 g/mol. The molecular formula is C26H28N6O3S. The summed E-state index contributed by atoms with van der Waals surface area (Å²) >= 11 is 0. The number of sulfonamides is 1. The van der Waals surface area contributed by atoms with Crippen molar-refractivity contribution in [2.75, 3.05) is 16.8 Å². The first kappa shape index (κ1) is 23.9. The van der Waals surface area contributed by atoms with Gasteiger partial charge in [0, 0.05) is 36.6 Å². The van der Waals surface area contributed by atoms with Crippen molar-refractivity contribution in [3.8, 4) is 0 Å². The molecule has 0 saturated carbocycles. The van der Waals surface area contributed by atoms with Crippen LogP contribution in [0.1, 0.15) is 43.1 Å². The Morgan fingerprint density at radius 1 is 1.14 bits per heavy atom. The van der Waals surface area contributed by atoms with Crippen LogP contribution < -0.4 is 14.9 Å². The Bertz CT molecular complexity index is 1470. The maximum absolute atomic E-state index is 13.2. The van der Waals surface area contributed by atoms with E-state index in [1.54, 1.807) is 30.5 Å². The van der Waals surface area contributed by atoms with Crippen LogP contribution in [0.3, 0.4) is 0 Å². The van der Waals surface area contributed by atoms with Crippen LogP contribution in [0.4, 0.5) is 23.0 Å². The average molecular weight is 505 g/mol. The fraction of sp³-hybridized carbons (Fsp3) is 0.308. The third-order valence-electron chi connectivity index (χ3n) is 6.48. The van der Waals surface area contributed by atoms with Crippen molar-refractivity contribution in [1.29, 1.82) is 0 Å². The second-order valence-corrected chi connectivity index (χ2v) is 11.5. The molecule has 36 heavy (non-hydrogen) atoms. The Hall–Kier alpha value is -3.79. The summed E-state index contributed by atoms with van der Waals surface area (Å²) in [7, 11) is -4.23. The minimum Gasteiger partial charge on any atom is -0.351 e. The second kappa shape index (κ2) is 9.02.